The second-order valence-corrected chi connectivity index (χ2v) is 6.33. The Hall–Kier alpha value is -3.47. The maximum absolute atomic E-state index is 13.8. The third-order valence-corrected chi connectivity index (χ3v) is 4.46. The fraction of sp³-hybridized carbons (Fsp3) is 0.0909. The van der Waals surface area contributed by atoms with Crippen molar-refractivity contribution in [1.29, 1.82) is 0 Å². The molecule has 27 heavy (non-hydrogen) atoms. The van der Waals surface area contributed by atoms with E-state index >= 15 is 0 Å². The Balaban J connectivity index is 1.82. The molecule has 0 radical (unpaired) electrons. The second kappa shape index (κ2) is 7.03. The number of aryl methyl sites for hydroxylation is 1. The molecule has 0 unspecified atom stereocenters. The van der Waals surface area contributed by atoms with E-state index < -0.39 is 5.82 Å². The van der Waals surface area contributed by atoms with Crippen molar-refractivity contribution in [2.75, 3.05) is 4.90 Å². The minimum Gasteiger partial charge on any atom is -0.303 e. The van der Waals surface area contributed by atoms with E-state index in [1.54, 1.807) is 17.9 Å². The number of carbonyl (C=O) groups excluding carboxylic acids is 1. The lowest BCUT2D eigenvalue weighted by atomic mass is 10.1. The summed E-state index contributed by atoms with van der Waals surface area (Å²) in [6.07, 6.45) is 1.30. The van der Waals surface area contributed by atoms with Gasteiger partial charge in [0.2, 0.25) is 0 Å². The third-order valence-electron chi connectivity index (χ3n) is 4.46. The van der Waals surface area contributed by atoms with Gasteiger partial charge in [-0.15, -0.1) is 0 Å². The van der Waals surface area contributed by atoms with Crippen LogP contribution in [0.15, 0.2) is 79.0 Å². The van der Waals surface area contributed by atoms with E-state index in [2.05, 4.69) is 4.98 Å². The number of imidazole rings is 1. The van der Waals surface area contributed by atoms with Crippen LogP contribution in [0.1, 0.15) is 21.7 Å². The van der Waals surface area contributed by atoms with Crippen LogP contribution in [0.25, 0.3) is 5.65 Å². The number of nitrogens with zero attached hydrogens (tertiary/aromatic N) is 3. The molecule has 2 aromatic heterocycles. The van der Waals surface area contributed by atoms with E-state index in [1.165, 1.54) is 16.7 Å². The fourth-order valence-electron chi connectivity index (χ4n) is 3.18. The smallest absolute Gasteiger partial charge is 0.277 e. The Kier molecular flexibility index (Phi) is 4.42. The van der Waals surface area contributed by atoms with Gasteiger partial charge >= 0.3 is 0 Å². The van der Waals surface area contributed by atoms with Crippen molar-refractivity contribution in [2.45, 2.75) is 13.5 Å². The SMILES string of the molecule is Cc1nc2ccc(F)cn2c1C(=O)N(Cc1ccccc1)c1ccccc1. The van der Waals surface area contributed by atoms with Gasteiger partial charge in [-0.3, -0.25) is 9.20 Å². The first kappa shape index (κ1) is 17.0. The summed E-state index contributed by atoms with van der Waals surface area (Å²) in [5.74, 6) is -0.635. The highest BCUT2D eigenvalue weighted by molar-refractivity contribution is 6.06. The summed E-state index contributed by atoms with van der Waals surface area (Å²) in [4.78, 5) is 19.6. The highest BCUT2D eigenvalue weighted by Gasteiger charge is 2.24. The molecule has 2 aromatic carbocycles. The molecule has 0 bridgehead atoms. The van der Waals surface area contributed by atoms with Gasteiger partial charge in [0, 0.05) is 11.9 Å². The number of fused-ring (bicyclic) bond motifs is 1. The molecule has 0 atom stereocenters. The maximum atomic E-state index is 13.8. The van der Waals surface area contributed by atoms with Crippen molar-refractivity contribution >= 4 is 17.2 Å². The van der Waals surface area contributed by atoms with Crippen molar-refractivity contribution in [1.82, 2.24) is 9.38 Å². The van der Waals surface area contributed by atoms with Crippen molar-refractivity contribution in [3.63, 3.8) is 0 Å². The average molecular weight is 359 g/mol. The summed E-state index contributed by atoms with van der Waals surface area (Å²) >= 11 is 0. The van der Waals surface area contributed by atoms with Crippen LogP contribution in [0.4, 0.5) is 10.1 Å². The van der Waals surface area contributed by atoms with Gasteiger partial charge in [-0.05, 0) is 36.8 Å². The van der Waals surface area contributed by atoms with Crippen LogP contribution < -0.4 is 4.90 Å². The molecule has 0 saturated heterocycles. The minimum absolute atomic E-state index is 0.222. The fourth-order valence-corrected chi connectivity index (χ4v) is 3.18. The minimum atomic E-state index is -0.414. The Labute approximate surface area is 156 Å². The average Bonchev–Trinajstić information content (AvgIpc) is 3.02. The van der Waals surface area contributed by atoms with Gasteiger partial charge in [0.05, 0.1) is 12.2 Å². The van der Waals surface area contributed by atoms with Crippen LogP contribution in [-0.2, 0) is 6.54 Å². The van der Waals surface area contributed by atoms with Crippen molar-refractivity contribution in [2.24, 2.45) is 0 Å². The van der Waals surface area contributed by atoms with Crippen LogP contribution in [-0.4, -0.2) is 15.3 Å². The van der Waals surface area contributed by atoms with Gasteiger partial charge in [-0.1, -0.05) is 48.5 Å². The lowest BCUT2D eigenvalue weighted by Gasteiger charge is -2.23. The molecule has 2 heterocycles. The molecule has 0 saturated carbocycles. The summed E-state index contributed by atoms with van der Waals surface area (Å²) in [5.41, 5.74) is 3.26. The van der Waals surface area contributed by atoms with Crippen LogP contribution in [0, 0.1) is 12.7 Å². The Bertz CT molecular complexity index is 1090. The third kappa shape index (κ3) is 3.31. The number of halogens is 1. The highest BCUT2D eigenvalue weighted by atomic mass is 19.1. The van der Waals surface area contributed by atoms with Crippen LogP contribution >= 0.6 is 0 Å². The summed E-state index contributed by atoms with van der Waals surface area (Å²) in [5, 5.41) is 0. The van der Waals surface area contributed by atoms with Crippen molar-refractivity contribution in [3.05, 3.63) is 102 Å². The van der Waals surface area contributed by atoms with Gasteiger partial charge in [0.25, 0.3) is 5.91 Å². The lowest BCUT2D eigenvalue weighted by molar-refractivity contribution is 0.0979. The molecule has 0 spiro atoms. The van der Waals surface area contributed by atoms with Gasteiger partial charge in [-0.2, -0.15) is 0 Å². The number of amides is 1. The van der Waals surface area contributed by atoms with E-state index in [0.717, 1.165) is 11.3 Å². The molecule has 0 aliphatic heterocycles. The van der Waals surface area contributed by atoms with E-state index in [9.17, 15) is 9.18 Å². The molecule has 0 fully saturated rings. The highest BCUT2D eigenvalue weighted by Crippen LogP contribution is 2.22. The number of carbonyl (C=O) groups is 1. The number of anilines is 1. The topological polar surface area (TPSA) is 37.6 Å². The predicted molar refractivity (Wildman–Crippen MR) is 103 cm³/mol. The standard InChI is InChI=1S/C22H18FN3O/c1-16-21(26-15-18(23)12-13-20(26)24-16)22(27)25(19-10-6-3-7-11-19)14-17-8-4-2-5-9-17/h2-13,15H,14H2,1H3. The molecule has 4 nitrogen and oxygen atoms in total. The number of para-hydroxylation sites is 1. The zero-order valence-corrected chi connectivity index (χ0v) is 14.8. The number of hydrogen-bond acceptors (Lipinski definition) is 2. The number of rotatable bonds is 4. The van der Waals surface area contributed by atoms with Crippen LogP contribution in [0.3, 0.4) is 0 Å². The Morgan fingerprint density at radius 1 is 1.00 bits per heavy atom. The molecule has 5 heteroatoms. The lowest BCUT2D eigenvalue weighted by Crippen LogP contribution is -2.31. The van der Waals surface area contributed by atoms with Gasteiger partial charge in [0.1, 0.15) is 17.2 Å². The summed E-state index contributed by atoms with van der Waals surface area (Å²) in [7, 11) is 0. The zero-order chi connectivity index (χ0) is 18.8. The van der Waals surface area contributed by atoms with Gasteiger partial charge in [0.15, 0.2) is 0 Å². The second-order valence-electron chi connectivity index (χ2n) is 6.33. The molecular weight excluding hydrogens is 341 g/mol. The van der Waals surface area contributed by atoms with E-state index in [1.807, 2.05) is 60.7 Å². The molecule has 4 aromatic rings. The van der Waals surface area contributed by atoms with Crippen LogP contribution in [0.5, 0.6) is 0 Å². The van der Waals surface area contributed by atoms with E-state index in [-0.39, 0.29) is 5.91 Å². The van der Waals surface area contributed by atoms with Gasteiger partial charge in [-0.25, -0.2) is 9.37 Å². The number of pyridine rings is 1. The predicted octanol–water partition coefficient (Wildman–Crippen LogP) is 4.63. The van der Waals surface area contributed by atoms with Crippen molar-refractivity contribution < 1.29 is 9.18 Å². The quantitative estimate of drug-likeness (QED) is 0.533. The molecular formula is C22H18FN3O. The molecule has 0 aliphatic carbocycles. The Morgan fingerprint density at radius 2 is 1.67 bits per heavy atom. The number of aromatic nitrogens is 2. The molecule has 4 rings (SSSR count). The van der Waals surface area contributed by atoms with Gasteiger partial charge < -0.3 is 4.90 Å². The first-order valence-electron chi connectivity index (χ1n) is 8.68. The Morgan fingerprint density at radius 3 is 2.37 bits per heavy atom. The maximum Gasteiger partial charge on any atom is 0.277 e. The normalized spacial score (nSPS) is 10.9. The summed E-state index contributed by atoms with van der Waals surface area (Å²) < 4.78 is 15.3. The molecule has 0 aliphatic rings. The molecule has 1 amide bonds. The van der Waals surface area contributed by atoms with E-state index in [0.29, 0.717) is 23.6 Å². The monoisotopic (exact) mass is 359 g/mol. The first-order chi connectivity index (χ1) is 13.1. The molecule has 134 valence electrons. The number of benzene rings is 2. The van der Waals surface area contributed by atoms with E-state index in [4.69, 9.17) is 0 Å². The van der Waals surface area contributed by atoms with Crippen LogP contribution in [0.2, 0.25) is 0 Å². The summed E-state index contributed by atoms with van der Waals surface area (Å²) in [6, 6.07) is 22.2. The zero-order valence-electron chi connectivity index (χ0n) is 14.8. The van der Waals surface area contributed by atoms with Crippen molar-refractivity contribution in [3.8, 4) is 0 Å². The number of hydrogen-bond donors (Lipinski definition) is 0. The largest absolute Gasteiger partial charge is 0.303 e. The summed E-state index contributed by atoms with van der Waals surface area (Å²) in [6.45, 7) is 2.18. The first-order valence-corrected chi connectivity index (χ1v) is 8.68. The molecule has 0 N–H and O–H groups in total.